The van der Waals surface area contributed by atoms with Crippen molar-refractivity contribution in [3.63, 3.8) is 0 Å². The lowest BCUT2D eigenvalue weighted by molar-refractivity contribution is -0.383. The molecule has 106 valence electrons. The molecule has 0 N–H and O–H groups in total. The number of alkyl halides is 1. The molecule has 20 heavy (non-hydrogen) atoms. The van der Waals surface area contributed by atoms with Crippen LogP contribution in [0.15, 0.2) is 30.5 Å². The first kappa shape index (κ1) is 14.7. The standard InChI is InChI=1S/C14H15BrN2O3/c15-8-2-1-3-10-20-13-7-6-12(17(18)19)14-11(13)5-4-9-16-14/h4-7,9H,1-3,8,10H2. The van der Waals surface area contributed by atoms with Crippen molar-refractivity contribution >= 4 is 32.5 Å². The predicted octanol–water partition coefficient (Wildman–Crippen LogP) is 4.09. The Morgan fingerprint density at radius 1 is 1.25 bits per heavy atom. The number of aromatic nitrogens is 1. The Morgan fingerprint density at radius 3 is 2.85 bits per heavy atom. The second-order valence-corrected chi connectivity index (χ2v) is 5.13. The van der Waals surface area contributed by atoms with E-state index in [0.29, 0.717) is 23.3 Å². The van der Waals surface area contributed by atoms with Gasteiger partial charge in [0.05, 0.1) is 11.5 Å². The summed E-state index contributed by atoms with van der Waals surface area (Å²) in [6, 6.07) is 6.64. The molecular formula is C14H15BrN2O3. The zero-order valence-electron chi connectivity index (χ0n) is 10.9. The van der Waals surface area contributed by atoms with Crippen LogP contribution in [0.3, 0.4) is 0 Å². The Labute approximate surface area is 125 Å². The summed E-state index contributed by atoms with van der Waals surface area (Å²) in [4.78, 5) is 14.7. The number of nitro groups is 1. The third-order valence-corrected chi connectivity index (χ3v) is 3.50. The molecule has 2 aromatic rings. The minimum absolute atomic E-state index is 0.00670. The van der Waals surface area contributed by atoms with Gasteiger partial charge in [0.15, 0.2) is 5.52 Å². The van der Waals surface area contributed by atoms with E-state index >= 15 is 0 Å². The fourth-order valence-corrected chi connectivity index (χ4v) is 2.36. The topological polar surface area (TPSA) is 65.3 Å². The number of nitro benzene ring substituents is 1. The van der Waals surface area contributed by atoms with Gasteiger partial charge in [-0.3, -0.25) is 10.1 Å². The molecule has 0 spiro atoms. The van der Waals surface area contributed by atoms with Crippen molar-refractivity contribution in [1.29, 1.82) is 0 Å². The number of ether oxygens (including phenoxy) is 1. The van der Waals surface area contributed by atoms with Crippen molar-refractivity contribution in [2.45, 2.75) is 19.3 Å². The van der Waals surface area contributed by atoms with Gasteiger partial charge in [0, 0.05) is 23.0 Å². The van der Waals surface area contributed by atoms with Crippen LogP contribution in [0.2, 0.25) is 0 Å². The summed E-state index contributed by atoms with van der Waals surface area (Å²) >= 11 is 3.39. The third-order valence-electron chi connectivity index (χ3n) is 2.94. The Morgan fingerprint density at radius 2 is 2.10 bits per heavy atom. The maximum absolute atomic E-state index is 11.0. The second kappa shape index (κ2) is 7.19. The van der Waals surface area contributed by atoms with E-state index in [1.165, 1.54) is 6.07 Å². The maximum atomic E-state index is 11.0. The Kier molecular flexibility index (Phi) is 5.29. The van der Waals surface area contributed by atoms with E-state index in [0.717, 1.165) is 24.6 Å². The van der Waals surface area contributed by atoms with Gasteiger partial charge in [-0.25, -0.2) is 4.98 Å². The van der Waals surface area contributed by atoms with E-state index in [2.05, 4.69) is 20.9 Å². The van der Waals surface area contributed by atoms with Gasteiger partial charge in [0.2, 0.25) is 0 Å². The van der Waals surface area contributed by atoms with Crippen molar-refractivity contribution in [2.24, 2.45) is 0 Å². The number of non-ortho nitro benzene ring substituents is 1. The minimum Gasteiger partial charge on any atom is -0.493 e. The molecular weight excluding hydrogens is 324 g/mol. The number of benzene rings is 1. The molecule has 0 aliphatic carbocycles. The summed E-state index contributed by atoms with van der Waals surface area (Å²) in [6.45, 7) is 0.606. The van der Waals surface area contributed by atoms with E-state index in [1.54, 1.807) is 24.4 Å². The van der Waals surface area contributed by atoms with E-state index < -0.39 is 4.92 Å². The summed E-state index contributed by atoms with van der Waals surface area (Å²) in [5, 5.41) is 12.7. The molecule has 0 saturated heterocycles. The molecule has 6 heteroatoms. The largest absolute Gasteiger partial charge is 0.493 e. The summed E-state index contributed by atoms with van der Waals surface area (Å²) in [5.74, 6) is 0.651. The third kappa shape index (κ3) is 3.45. The molecule has 0 amide bonds. The van der Waals surface area contributed by atoms with Gasteiger partial charge < -0.3 is 4.74 Å². The van der Waals surface area contributed by atoms with E-state index in [4.69, 9.17) is 4.74 Å². The van der Waals surface area contributed by atoms with Gasteiger partial charge >= 0.3 is 0 Å². The van der Waals surface area contributed by atoms with Crippen LogP contribution in [-0.4, -0.2) is 21.8 Å². The Hall–Kier alpha value is -1.69. The number of nitrogens with zero attached hydrogens (tertiary/aromatic N) is 2. The van der Waals surface area contributed by atoms with E-state index in [1.807, 2.05) is 0 Å². The van der Waals surface area contributed by atoms with Crippen molar-refractivity contribution in [1.82, 2.24) is 4.98 Å². The quantitative estimate of drug-likeness (QED) is 0.330. The Balaban J connectivity index is 2.18. The smallest absolute Gasteiger partial charge is 0.295 e. The van der Waals surface area contributed by atoms with Crippen molar-refractivity contribution in [2.75, 3.05) is 11.9 Å². The van der Waals surface area contributed by atoms with Crippen molar-refractivity contribution < 1.29 is 9.66 Å². The number of pyridine rings is 1. The molecule has 2 rings (SSSR count). The zero-order chi connectivity index (χ0) is 14.4. The van der Waals surface area contributed by atoms with Crippen LogP contribution < -0.4 is 4.74 Å². The van der Waals surface area contributed by atoms with E-state index in [9.17, 15) is 10.1 Å². The van der Waals surface area contributed by atoms with Crippen LogP contribution in [-0.2, 0) is 0 Å². The fourth-order valence-electron chi connectivity index (χ4n) is 1.96. The molecule has 0 bridgehead atoms. The predicted molar refractivity (Wildman–Crippen MR) is 81.5 cm³/mol. The minimum atomic E-state index is -0.422. The molecule has 1 aromatic heterocycles. The van der Waals surface area contributed by atoms with Crippen LogP contribution in [0.25, 0.3) is 10.9 Å². The average molecular weight is 339 g/mol. The number of fused-ring (bicyclic) bond motifs is 1. The first-order valence-electron chi connectivity index (χ1n) is 6.45. The monoisotopic (exact) mass is 338 g/mol. The lowest BCUT2D eigenvalue weighted by Gasteiger charge is -2.09. The number of rotatable bonds is 7. The highest BCUT2D eigenvalue weighted by Crippen LogP contribution is 2.31. The molecule has 0 aliphatic rings. The van der Waals surface area contributed by atoms with Gasteiger partial charge in [0.25, 0.3) is 5.69 Å². The summed E-state index contributed by atoms with van der Waals surface area (Å²) < 4.78 is 5.72. The van der Waals surface area contributed by atoms with Crippen LogP contribution in [0.5, 0.6) is 5.75 Å². The molecule has 0 radical (unpaired) electrons. The van der Waals surface area contributed by atoms with E-state index in [-0.39, 0.29) is 5.69 Å². The van der Waals surface area contributed by atoms with Gasteiger partial charge in [-0.05, 0) is 37.5 Å². The summed E-state index contributed by atoms with van der Waals surface area (Å²) in [5.41, 5.74) is 0.377. The number of hydrogen-bond acceptors (Lipinski definition) is 4. The number of halogens is 1. The Bertz CT molecular complexity index is 604. The highest BCUT2D eigenvalue weighted by molar-refractivity contribution is 9.09. The normalized spacial score (nSPS) is 10.7. The molecule has 0 unspecified atom stereocenters. The van der Waals surface area contributed by atoms with Gasteiger partial charge in [-0.15, -0.1) is 0 Å². The fraction of sp³-hybridized carbons (Fsp3) is 0.357. The lowest BCUT2D eigenvalue weighted by Crippen LogP contribution is -1.99. The summed E-state index contributed by atoms with van der Waals surface area (Å²) in [7, 11) is 0. The van der Waals surface area contributed by atoms with Gasteiger partial charge in [0.1, 0.15) is 5.75 Å². The first-order chi connectivity index (χ1) is 9.74. The second-order valence-electron chi connectivity index (χ2n) is 4.34. The van der Waals surface area contributed by atoms with Crippen LogP contribution in [0.4, 0.5) is 5.69 Å². The molecule has 0 fully saturated rings. The van der Waals surface area contributed by atoms with Crippen LogP contribution in [0, 0.1) is 10.1 Å². The molecule has 0 saturated carbocycles. The first-order valence-corrected chi connectivity index (χ1v) is 7.57. The lowest BCUT2D eigenvalue weighted by atomic mass is 10.1. The van der Waals surface area contributed by atoms with Gasteiger partial charge in [-0.2, -0.15) is 0 Å². The molecule has 0 aliphatic heterocycles. The summed E-state index contributed by atoms with van der Waals surface area (Å²) in [6.07, 6.45) is 4.72. The highest BCUT2D eigenvalue weighted by atomic mass is 79.9. The number of unbranched alkanes of at least 4 members (excludes halogenated alkanes) is 2. The molecule has 5 nitrogen and oxygen atoms in total. The average Bonchev–Trinajstić information content (AvgIpc) is 2.46. The highest BCUT2D eigenvalue weighted by Gasteiger charge is 2.15. The zero-order valence-corrected chi connectivity index (χ0v) is 12.5. The van der Waals surface area contributed by atoms with Crippen molar-refractivity contribution in [3.05, 3.63) is 40.6 Å². The number of hydrogen-bond donors (Lipinski definition) is 0. The maximum Gasteiger partial charge on any atom is 0.295 e. The van der Waals surface area contributed by atoms with Gasteiger partial charge in [-0.1, -0.05) is 15.9 Å². The van der Waals surface area contributed by atoms with Crippen LogP contribution in [0.1, 0.15) is 19.3 Å². The van der Waals surface area contributed by atoms with Crippen LogP contribution >= 0.6 is 15.9 Å². The SMILES string of the molecule is O=[N+]([O-])c1ccc(OCCCCCBr)c2cccnc12. The molecule has 1 aromatic carbocycles. The molecule has 1 heterocycles. The molecule has 0 atom stereocenters. The van der Waals surface area contributed by atoms with Crippen molar-refractivity contribution in [3.8, 4) is 5.75 Å².